The van der Waals surface area contributed by atoms with Gasteiger partial charge in [0.15, 0.2) is 0 Å². The summed E-state index contributed by atoms with van der Waals surface area (Å²) in [4.78, 5) is 162. The third kappa shape index (κ3) is 21.3. The SMILES string of the molecule is CC(C)[C@@H]1NC(=O)[C@H](CCCCNC(=O)OCc2ccccc2)NC(=O)[C@@H](Cc2c[nH]c3ccccc23)NC(=O)[C@H](Cc2ccc(O)cc2)NC(=O)[C@@H](NC(=O)[C@@H](Cc2ccc3ccccc3c2)NC(=O)OCC2c3ccccc3-c3ccccc32)CCC(=O)NCC[C@@H](C(=O)N[C@H](C(N)=O)[C@@H](C)O)NC1=O. The van der Waals surface area contributed by atoms with Gasteiger partial charge >= 0.3 is 12.2 Å². The number of unbranched alkanes of at least 4 members (excludes halogenated alkanes) is 1. The van der Waals surface area contributed by atoms with E-state index in [1.807, 2.05) is 97.1 Å². The second-order valence-electron chi connectivity index (χ2n) is 27.2. The minimum absolute atomic E-state index is 0.00343. The van der Waals surface area contributed by atoms with Crippen LogP contribution in [-0.2, 0) is 78.5 Å². The fourth-order valence-corrected chi connectivity index (χ4v) is 13.2. The number of amides is 11. The third-order valence-corrected chi connectivity index (χ3v) is 19.0. The van der Waals surface area contributed by atoms with E-state index in [0.29, 0.717) is 27.6 Å². The van der Waals surface area contributed by atoms with Gasteiger partial charge < -0.3 is 83.6 Å². The highest BCUT2D eigenvalue weighted by Crippen LogP contribution is 2.44. The van der Waals surface area contributed by atoms with Crippen LogP contribution in [0.1, 0.15) is 98.6 Å². The molecule has 0 radical (unpaired) electrons. The van der Waals surface area contributed by atoms with Crippen molar-refractivity contribution < 1.29 is 72.4 Å². The number of nitrogens with two attached hydrogens (primary N) is 1. The van der Waals surface area contributed by atoms with Crippen LogP contribution in [0.3, 0.4) is 0 Å². The molecule has 9 atom stereocenters. The second-order valence-corrected chi connectivity index (χ2v) is 27.2. The van der Waals surface area contributed by atoms with Gasteiger partial charge in [-0.15, -0.1) is 0 Å². The molecule has 27 nitrogen and oxygen atoms in total. The number of rotatable bonds is 23. The summed E-state index contributed by atoms with van der Waals surface area (Å²) < 4.78 is 11.3. The van der Waals surface area contributed by atoms with Gasteiger partial charge in [0, 0.05) is 61.8 Å². The quantitative estimate of drug-likeness (QED) is 0.0363. The Kier molecular flexibility index (Phi) is 26.8. The van der Waals surface area contributed by atoms with Crippen molar-refractivity contribution in [3.63, 3.8) is 0 Å². The zero-order valence-electron chi connectivity index (χ0n) is 59.6. The molecule has 27 heteroatoms. The Hall–Kier alpha value is -12.1. The summed E-state index contributed by atoms with van der Waals surface area (Å²) in [6.45, 7) is 4.02. The summed E-state index contributed by atoms with van der Waals surface area (Å²) in [5, 5.41) is 50.3. The van der Waals surface area contributed by atoms with Gasteiger partial charge in [-0.2, -0.15) is 0 Å². The number of aliphatic hydroxyl groups is 1. The molecule has 8 aromatic rings. The van der Waals surface area contributed by atoms with Crippen molar-refractivity contribution in [1.82, 2.24) is 58.2 Å². The number of nitrogens with one attached hydrogen (secondary N) is 11. The molecule has 1 aliphatic carbocycles. The number of carbonyl (C=O) groups excluding carboxylic acids is 11. The summed E-state index contributed by atoms with van der Waals surface area (Å²) in [7, 11) is 0. The van der Waals surface area contributed by atoms with Crippen molar-refractivity contribution in [2.24, 2.45) is 11.7 Å². The van der Waals surface area contributed by atoms with E-state index in [4.69, 9.17) is 15.2 Å². The van der Waals surface area contributed by atoms with E-state index in [-0.39, 0.29) is 82.9 Å². The number of hydrogen-bond acceptors (Lipinski definition) is 15. The lowest BCUT2D eigenvalue weighted by Gasteiger charge is -2.29. The molecular weight excluding hydrogens is 1370 g/mol. The van der Waals surface area contributed by atoms with E-state index < -0.39 is 139 Å². The smallest absolute Gasteiger partial charge is 0.407 e. The maximum Gasteiger partial charge on any atom is 0.407 e. The molecule has 2 aliphatic rings. The number of hydrogen-bond donors (Lipinski definition) is 14. The second kappa shape index (κ2) is 37.0. The molecule has 107 heavy (non-hydrogen) atoms. The highest BCUT2D eigenvalue weighted by molar-refractivity contribution is 5.99. The van der Waals surface area contributed by atoms with E-state index in [1.165, 1.54) is 31.2 Å². The lowest BCUT2D eigenvalue weighted by Crippen LogP contribution is -2.62. The van der Waals surface area contributed by atoms with Crippen molar-refractivity contribution in [2.75, 3.05) is 19.7 Å². The number of phenols is 1. The Balaban J connectivity index is 0.984. The molecule has 15 N–H and O–H groups in total. The highest BCUT2D eigenvalue weighted by atomic mass is 16.6. The van der Waals surface area contributed by atoms with Gasteiger partial charge in [0.05, 0.1) is 6.10 Å². The number of aromatic nitrogens is 1. The number of H-pyrrole nitrogens is 1. The van der Waals surface area contributed by atoms with Gasteiger partial charge in [-0.25, -0.2) is 9.59 Å². The van der Waals surface area contributed by atoms with Gasteiger partial charge in [-0.1, -0.05) is 166 Å². The Bertz CT molecular complexity index is 4470. The third-order valence-electron chi connectivity index (χ3n) is 19.0. The minimum Gasteiger partial charge on any atom is -0.508 e. The van der Waals surface area contributed by atoms with Gasteiger partial charge in [0.25, 0.3) is 0 Å². The number of benzene rings is 7. The molecule has 0 bridgehead atoms. The molecule has 1 aromatic heterocycles. The molecule has 2 heterocycles. The van der Waals surface area contributed by atoms with Crippen LogP contribution in [0.15, 0.2) is 176 Å². The molecule has 10 rings (SSSR count). The maximum atomic E-state index is 15.4. The summed E-state index contributed by atoms with van der Waals surface area (Å²) in [6.07, 6.45) is -3.27. The molecule has 1 saturated heterocycles. The van der Waals surface area contributed by atoms with E-state index in [0.717, 1.165) is 38.6 Å². The predicted octanol–water partition coefficient (Wildman–Crippen LogP) is 5.27. The zero-order valence-corrected chi connectivity index (χ0v) is 59.6. The van der Waals surface area contributed by atoms with Crippen molar-refractivity contribution in [2.45, 2.75) is 146 Å². The first-order valence-electron chi connectivity index (χ1n) is 35.8. The fourth-order valence-electron chi connectivity index (χ4n) is 13.2. The van der Waals surface area contributed by atoms with Gasteiger partial charge in [0.1, 0.15) is 67.3 Å². The summed E-state index contributed by atoms with van der Waals surface area (Å²) in [6, 6.07) is 38.1. The molecule has 0 spiro atoms. The fraction of sp³-hybridized carbons (Fsp3) is 0.338. The summed E-state index contributed by atoms with van der Waals surface area (Å²) >= 11 is 0. The first kappa shape index (κ1) is 77.5. The minimum atomic E-state index is -1.69. The van der Waals surface area contributed by atoms with Crippen LogP contribution in [0.5, 0.6) is 5.75 Å². The largest absolute Gasteiger partial charge is 0.508 e. The number of phenolic OH excluding ortho intramolecular Hbond substituents is 1. The molecule has 11 amide bonds. The van der Waals surface area contributed by atoms with Crippen LogP contribution < -0.4 is 58.9 Å². The monoisotopic (exact) mass is 1460 g/mol. The Labute approximate surface area is 618 Å². The number of aromatic hydroxyl groups is 1. The van der Waals surface area contributed by atoms with Crippen molar-refractivity contribution in [3.8, 4) is 16.9 Å². The van der Waals surface area contributed by atoms with E-state index in [9.17, 15) is 43.8 Å². The number of para-hydroxylation sites is 1. The van der Waals surface area contributed by atoms with Gasteiger partial charge in [-0.3, -0.25) is 43.2 Å². The molecule has 560 valence electrons. The summed E-state index contributed by atoms with van der Waals surface area (Å²) in [5.41, 5.74) is 12.4. The Morgan fingerprint density at radius 3 is 1.93 bits per heavy atom. The average molecular weight is 1460 g/mol. The molecule has 1 aliphatic heterocycles. The van der Waals surface area contributed by atoms with Crippen LogP contribution in [0.4, 0.5) is 9.59 Å². The number of aromatic amines is 1. The Morgan fingerprint density at radius 1 is 0.598 bits per heavy atom. The lowest BCUT2D eigenvalue weighted by atomic mass is 9.98. The lowest BCUT2D eigenvalue weighted by molar-refractivity contribution is -0.136. The Morgan fingerprint density at radius 2 is 1.22 bits per heavy atom. The average Bonchev–Trinajstić information content (AvgIpc) is 1.62. The first-order valence-corrected chi connectivity index (χ1v) is 35.8. The molecule has 0 unspecified atom stereocenters. The molecule has 7 aromatic carbocycles. The first-order chi connectivity index (χ1) is 51.5. The van der Waals surface area contributed by atoms with Crippen LogP contribution in [0, 0.1) is 5.92 Å². The van der Waals surface area contributed by atoms with Crippen LogP contribution >= 0.6 is 0 Å². The van der Waals surface area contributed by atoms with Gasteiger partial charge in [0.2, 0.25) is 53.2 Å². The number of aliphatic hydroxyl groups excluding tert-OH is 1. The van der Waals surface area contributed by atoms with Crippen molar-refractivity contribution in [1.29, 1.82) is 0 Å². The van der Waals surface area contributed by atoms with Crippen LogP contribution in [0.25, 0.3) is 32.8 Å². The van der Waals surface area contributed by atoms with Gasteiger partial charge in [-0.05, 0) is 118 Å². The normalized spacial score (nSPS) is 19.2. The number of alkyl carbamates (subject to hydrolysis) is 2. The van der Waals surface area contributed by atoms with Crippen molar-refractivity contribution in [3.05, 3.63) is 209 Å². The van der Waals surface area contributed by atoms with Crippen molar-refractivity contribution >= 4 is 87.0 Å². The molecular formula is C80H90N12O15. The van der Waals surface area contributed by atoms with Crippen LogP contribution in [-0.4, -0.2) is 155 Å². The zero-order chi connectivity index (χ0) is 76.1. The highest BCUT2D eigenvalue weighted by Gasteiger charge is 2.38. The van der Waals surface area contributed by atoms with Crippen LogP contribution in [0.2, 0.25) is 0 Å². The number of carbonyl (C=O) groups is 11. The predicted molar refractivity (Wildman–Crippen MR) is 398 cm³/mol. The van der Waals surface area contributed by atoms with E-state index >= 15 is 19.2 Å². The number of fused-ring (bicyclic) bond motifs is 5. The number of ether oxygens (including phenoxy) is 2. The molecule has 0 saturated carbocycles. The summed E-state index contributed by atoms with van der Waals surface area (Å²) in [5.74, 6) is -9.59. The van der Waals surface area contributed by atoms with E-state index in [2.05, 4.69) is 58.2 Å². The standard InChI is InChI=1S/C80H90N12O15/c1-46(2)69-78(103)87-64(74(99)92-70(47(3)93)71(81)96)36-38-82-68(95)35-34-63(86-76(101)66(41-50-28-31-51-19-7-8-20-52(51)39-50)90-80(105)107-45-60-58-24-11-9-22-56(58)57-23-10-12-25-59(57)60)72(97)88-65(40-48-29-32-54(94)33-30-48)75(100)89-67(42-53-43-84-61-26-14-13-21-55(53)61)77(102)85-62(73(98)91-69)27-15-16-37-83-79(104)106-44-49-17-5-4-6-18-49/h4-14,17-26,28-33,39,43,46-47,60,62-67,69-70,84,93-94H,15-16,27,34-38,40-42,44-45H2,1-3H3,(H2,81,96)(H,82,95)(H,83,104)(H,85,102)(H,86,101)(H,87,103)(H,88,97)(H,89,100)(H,90,105)(H,91,98)(H,92,99)/t47-,62+,63+,64+,65+,66-,67-,69+,70+/m1/s1. The van der Waals surface area contributed by atoms with E-state index in [1.54, 1.807) is 68.6 Å². The molecule has 1 fully saturated rings. The topological polar surface area (TPSA) is 409 Å². The number of primary amides is 1. The maximum absolute atomic E-state index is 15.4.